The predicted octanol–water partition coefficient (Wildman–Crippen LogP) is -10.3. The molecule has 0 saturated heterocycles. The summed E-state index contributed by atoms with van der Waals surface area (Å²) >= 11 is 0. The Morgan fingerprint density at radius 3 is 0.615 bits per heavy atom. The normalized spacial score (nSPS) is 9.23. The van der Waals surface area contributed by atoms with Gasteiger partial charge in [-0.15, -0.1) is 0 Å². The average molecular weight is 261 g/mol. The van der Waals surface area contributed by atoms with E-state index in [0.29, 0.717) is 0 Å². The standard InChI is InChI=1S/2ClHO4.Mg.2H2O/c2*2-1(3,4)5;;;/h2*(H,2,3,4,5);;2*1H2. The van der Waals surface area contributed by atoms with Crippen molar-refractivity contribution in [1.82, 2.24) is 0 Å². The van der Waals surface area contributed by atoms with Gasteiger partial charge in [-0.05, 0) is 0 Å². The van der Waals surface area contributed by atoms with Crippen molar-refractivity contribution < 1.29 is 68.7 Å². The van der Waals surface area contributed by atoms with Crippen LogP contribution in [0.15, 0.2) is 0 Å². The Balaban J connectivity index is -0.0000000267. The Morgan fingerprint density at radius 1 is 0.615 bits per heavy atom. The Labute approximate surface area is 91.9 Å². The predicted molar refractivity (Wildman–Crippen MR) is 17.4 cm³/mol. The van der Waals surface area contributed by atoms with E-state index in [-0.39, 0.29) is 34.0 Å². The van der Waals surface area contributed by atoms with Gasteiger partial charge in [0.15, 0.2) is 0 Å². The van der Waals surface area contributed by atoms with E-state index in [0.717, 1.165) is 0 Å². The van der Waals surface area contributed by atoms with Crippen LogP contribution < -0.4 is 28.0 Å². The molecule has 0 aliphatic rings. The molecule has 0 aromatic rings. The van der Waals surface area contributed by atoms with Crippen molar-refractivity contribution >= 4 is 23.1 Å². The molecule has 0 atom stereocenters. The van der Waals surface area contributed by atoms with Gasteiger partial charge < -0.3 is 11.0 Å². The van der Waals surface area contributed by atoms with E-state index in [1.165, 1.54) is 0 Å². The molecule has 0 amide bonds. The Bertz CT molecular complexity index is 55.9. The first-order valence-electron chi connectivity index (χ1n) is 1.26. The molecule has 0 aliphatic heterocycles. The van der Waals surface area contributed by atoms with Crippen LogP contribution in [0.25, 0.3) is 0 Å². The topological polar surface area (TPSA) is 242 Å². The summed E-state index contributed by atoms with van der Waals surface area (Å²) in [7, 11) is -9.39. The summed E-state index contributed by atoms with van der Waals surface area (Å²) in [6.07, 6.45) is 0. The van der Waals surface area contributed by atoms with Gasteiger partial charge in [-0.1, -0.05) is 0 Å². The maximum absolute atomic E-state index is 8.60. The highest BCUT2D eigenvalue weighted by molar-refractivity contribution is 5.75. The van der Waals surface area contributed by atoms with Crippen molar-refractivity contribution in [2.75, 3.05) is 0 Å². The number of hydrogen-bond acceptors (Lipinski definition) is 8. The lowest BCUT2D eigenvalue weighted by molar-refractivity contribution is -1.92. The van der Waals surface area contributed by atoms with Gasteiger partial charge in [0.25, 0.3) is 0 Å². The summed E-state index contributed by atoms with van der Waals surface area (Å²) in [5.41, 5.74) is 0. The van der Waals surface area contributed by atoms with Crippen LogP contribution in [0.1, 0.15) is 0 Å². The highest BCUT2D eigenvalue weighted by Crippen LogP contribution is 1.61. The van der Waals surface area contributed by atoms with Gasteiger partial charge in [-0.3, -0.25) is 0 Å². The maximum atomic E-state index is 8.60. The Morgan fingerprint density at radius 2 is 0.615 bits per heavy atom. The van der Waals surface area contributed by atoms with Crippen molar-refractivity contribution in [2.24, 2.45) is 0 Å². The molecule has 0 bridgehead atoms. The van der Waals surface area contributed by atoms with E-state index in [9.17, 15) is 0 Å². The maximum Gasteiger partial charge on any atom is 0.0777 e. The molecule has 0 fully saturated rings. The molecule has 13 heteroatoms. The molecule has 0 aromatic carbocycles. The summed E-state index contributed by atoms with van der Waals surface area (Å²) in [5.74, 6) is 0. The van der Waals surface area contributed by atoms with Crippen molar-refractivity contribution in [3.05, 3.63) is 0 Å². The fourth-order valence-corrected chi connectivity index (χ4v) is 0. The third-order valence-corrected chi connectivity index (χ3v) is 0. The van der Waals surface area contributed by atoms with Gasteiger partial charge in [0.2, 0.25) is 0 Å². The lowest BCUT2D eigenvalue weighted by Crippen LogP contribution is -2.58. The highest BCUT2D eigenvalue weighted by Gasteiger charge is 1.99. The molecular weight excluding hydrogens is 255 g/mol. The fraction of sp³-hybridized carbons (Fsp3) is 0. The lowest BCUT2D eigenvalue weighted by atomic mass is 15.8. The first kappa shape index (κ1) is 29.2. The van der Waals surface area contributed by atoms with Gasteiger partial charge in [-0.2, -0.15) is 28.0 Å². The van der Waals surface area contributed by atoms with Gasteiger partial charge in [0, 0.05) is 23.1 Å². The summed E-state index contributed by atoms with van der Waals surface area (Å²) in [5, 5.41) is 0. The van der Waals surface area contributed by atoms with Crippen molar-refractivity contribution in [3.8, 4) is 0 Å². The van der Waals surface area contributed by atoms with Gasteiger partial charge in [-0.25, -0.2) is 0 Å². The van der Waals surface area contributed by atoms with Gasteiger partial charge in [0.05, 0.1) is 29.8 Å². The van der Waals surface area contributed by atoms with Crippen molar-refractivity contribution in [2.45, 2.75) is 0 Å². The second kappa shape index (κ2) is 11.0. The summed E-state index contributed by atoms with van der Waals surface area (Å²) in [6, 6.07) is 0. The van der Waals surface area contributed by atoms with Crippen LogP contribution in [-0.4, -0.2) is 43.3 Å². The zero-order valence-corrected chi connectivity index (χ0v) is 8.73. The first-order chi connectivity index (χ1) is 4.00. The summed E-state index contributed by atoms with van der Waals surface area (Å²) in [4.78, 5) is 0. The van der Waals surface area contributed by atoms with E-state index in [4.69, 9.17) is 37.3 Å². The minimum atomic E-state index is -4.69. The van der Waals surface area contributed by atoms with Crippen LogP contribution in [0.2, 0.25) is 0 Å². The van der Waals surface area contributed by atoms with Crippen LogP contribution in [-0.2, 0) is 0 Å². The zero-order chi connectivity index (χ0) is 9.00. The number of halogens is 2. The Hall–Kier alpha value is 0.946. The second-order valence-electron chi connectivity index (χ2n) is 0.792. The fourth-order valence-electron chi connectivity index (χ4n) is 0. The van der Waals surface area contributed by atoms with E-state index >= 15 is 0 Å². The van der Waals surface area contributed by atoms with Crippen molar-refractivity contribution in [3.63, 3.8) is 0 Å². The minimum Gasteiger partial charge on any atom is -0.412 e. The largest absolute Gasteiger partial charge is 0.412 e. The van der Waals surface area contributed by atoms with E-state index in [1.807, 2.05) is 0 Å². The quantitative estimate of drug-likeness (QED) is 0.395. The molecule has 2 radical (unpaired) electrons. The van der Waals surface area contributed by atoms with E-state index < -0.39 is 20.5 Å². The summed E-state index contributed by atoms with van der Waals surface area (Å²) in [6.45, 7) is 0. The summed E-state index contributed by atoms with van der Waals surface area (Å²) < 4.78 is 65.4. The van der Waals surface area contributed by atoms with Crippen LogP contribution in [0.3, 0.4) is 0 Å². The van der Waals surface area contributed by atoms with E-state index in [2.05, 4.69) is 0 Å². The first-order valence-corrected chi connectivity index (χ1v) is 3.79. The molecule has 0 heterocycles. The average Bonchev–Trinajstić information content (AvgIpc) is 1.12. The molecule has 10 nitrogen and oxygen atoms in total. The van der Waals surface area contributed by atoms with Crippen LogP contribution in [0.4, 0.5) is 0 Å². The Kier molecular flexibility index (Phi) is 24.8. The molecule has 13 heavy (non-hydrogen) atoms. The SMILES string of the molecule is O.O.[Mg].[O-][Cl+3]([O-])([O-])O.[O-][Cl+3]([O-])([O-])O. The molecule has 6 N–H and O–H groups in total. The molecule has 0 aliphatic carbocycles. The van der Waals surface area contributed by atoms with Gasteiger partial charge in [0.1, 0.15) is 0 Å². The molecule has 0 spiro atoms. The van der Waals surface area contributed by atoms with Gasteiger partial charge >= 0.3 is 0 Å². The molecular formula is H6Cl2MgO10. The van der Waals surface area contributed by atoms with Crippen LogP contribution >= 0.6 is 0 Å². The minimum absolute atomic E-state index is 0. The van der Waals surface area contributed by atoms with Crippen molar-refractivity contribution in [1.29, 1.82) is 0 Å². The zero-order valence-electron chi connectivity index (χ0n) is 5.81. The molecule has 82 valence electrons. The molecule has 0 unspecified atom stereocenters. The molecule has 0 rings (SSSR count). The lowest BCUT2D eigenvalue weighted by Gasteiger charge is -2.03. The third kappa shape index (κ3) is 1730. The third-order valence-electron chi connectivity index (χ3n) is 0. The molecule has 0 aromatic heterocycles. The monoisotopic (exact) mass is 260 g/mol. The van der Waals surface area contributed by atoms with Crippen LogP contribution in [0.5, 0.6) is 0 Å². The van der Waals surface area contributed by atoms with Crippen LogP contribution in [0, 0.1) is 20.5 Å². The number of hydrogen-bond donors (Lipinski definition) is 2. The second-order valence-corrected chi connectivity index (χ2v) is 2.38. The molecule has 0 saturated carbocycles. The number of rotatable bonds is 0. The highest BCUT2D eigenvalue weighted by atomic mass is 35.7. The van der Waals surface area contributed by atoms with E-state index in [1.54, 1.807) is 0 Å². The smallest absolute Gasteiger partial charge is 0.0777 e.